The molecule has 2 atom stereocenters. The normalized spacial score (nSPS) is 19.3. The summed E-state index contributed by atoms with van der Waals surface area (Å²) < 4.78 is 30.9. The van der Waals surface area contributed by atoms with E-state index in [1.165, 1.54) is 11.3 Å². The first kappa shape index (κ1) is 24.0. The number of hydrogen-bond donors (Lipinski definition) is 2. The second kappa shape index (κ2) is 9.74. The Labute approximate surface area is 209 Å². The highest BCUT2D eigenvalue weighted by Crippen LogP contribution is 2.40. The summed E-state index contributed by atoms with van der Waals surface area (Å²) in [5, 5.41) is 11.0. The summed E-state index contributed by atoms with van der Waals surface area (Å²) in [4.78, 5) is 9.14. The highest BCUT2D eigenvalue weighted by atomic mass is 35.5. The first-order chi connectivity index (χ1) is 16.3. The van der Waals surface area contributed by atoms with Crippen LogP contribution in [0.25, 0.3) is 10.7 Å². The lowest BCUT2D eigenvalue weighted by molar-refractivity contribution is 0.0626. The lowest BCUT2D eigenvalue weighted by atomic mass is 9.83. The van der Waals surface area contributed by atoms with Gasteiger partial charge in [0.15, 0.2) is 9.84 Å². The highest BCUT2D eigenvalue weighted by Gasteiger charge is 2.37. The molecule has 2 aliphatic rings. The molecule has 2 aromatic heterocycles. The molecule has 6 nitrogen and oxygen atoms in total. The van der Waals surface area contributed by atoms with E-state index >= 15 is 0 Å². The van der Waals surface area contributed by atoms with E-state index in [1.807, 2.05) is 18.2 Å². The largest absolute Gasteiger partial charge is 0.388 e. The number of halogens is 1. The number of ether oxygens (including phenoxy) is 1. The second-order valence-electron chi connectivity index (χ2n) is 9.35. The molecule has 0 bridgehead atoms. The number of aromatic nitrogens is 2. The van der Waals surface area contributed by atoms with Crippen molar-refractivity contribution in [2.24, 2.45) is 5.92 Å². The summed E-state index contributed by atoms with van der Waals surface area (Å²) >= 11 is 8.06. The monoisotopic (exact) mass is 520 g/mol. The van der Waals surface area contributed by atoms with E-state index in [0.29, 0.717) is 15.8 Å². The maximum atomic E-state index is 12.7. The first-order valence-corrected chi connectivity index (χ1v) is 14.5. The summed E-state index contributed by atoms with van der Waals surface area (Å²) in [5.41, 5.74) is 2.80. The third-order valence-electron chi connectivity index (χ3n) is 6.80. The fourth-order valence-electron chi connectivity index (χ4n) is 4.61. The number of sulfone groups is 1. The van der Waals surface area contributed by atoms with Gasteiger partial charge >= 0.3 is 0 Å². The fourth-order valence-corrected chi connectivity index (χ4v) is 7.44. The van der Waals surface area contributed by atoms with Crippen molar-refractivity contribution in [2.45, 2.75) is 61.2 Å². The van der Waals surface area contributed by atoms with E-state index in [4.69, 9.17) is 16.3 Å². The van der Waals surface area contributed by atoms with Crippen LogP contribution < -0.4 is 0 Å². The Morgan fingerprint density at radius 3 is 2.53 bits per heavy atom. The van der Waals surface area contributed by atoms with Crippen molar-refractivity contribution < 1.29 is 18.3 Å². The van der Waals surface area contributed by atoms with Crippen molar-refractivity contribution in [1.29, 1.82) is 0 Å². The number of aromatic amines is 1. The summed E-state index contributed by atoms with van der Waals surface area (Å²) in [6.07, 6.45) is 5.56. The average molecular weight is 521 g/mol. The zero-order valence-corrected chi connectivity index (χ0v) is 21.4. The zero-order valence-electron chi connectivity index (χ0n) is 19.0. The van der Waals surface area contributed by atoms with E-state index in [0.717, 1.165) is 72.2 Å². The van der Waals surface area contributed by atoms with Crippen LogP contribution in [0.1, 0.15) is 67.2 Å². The van der Waals surface area contributed by atoms with Crippen LogP contribution in [0.5, 0.6) is 0 Å². The Bertz CT molecular complexity index is 1240. The second-order valence-corrected chi connectivity index (χ2v) is 13.0. The van der Waals surface area contributed by atoms with Gasteiger partial charge < -0.3 is 14.8 Å². The molecule has 2 fully saturated rings. The Kier molecular flexibility index (Phi) is 6.88. The van der Waals surface area contributed by atoms with Gasteiger partial charge in [-0.25, -0.2) is 13.4 Å². The molecule has 1 aliphatic carbocycles. The number of aliphatic hydroxyl groups is 1. The third-order valence-corrected chi connectivity index (χ3v) is 10.6. The Balaban J connectivity index is 1.47. The van der Waals surface area contributed by atoms with Crippen LogP contribution in [0, 0.1) is 5.92 Å². The molecule has 3 heterocycles. The van der Waals surface area contributed by atoms with Crippen molar-refractivity contribution >= 4 is 32.8 Å². The molecule has 3 aromatic rings. The molecule has 34 heavy (non-hydrogen) atoms. The molecule has 0 radical (unpaired) electrons. The number of hydrogen-bond acceptors (Lipinski definition) is 6. The molecule has 2 N–H and O–H groups in total. The number of H-pyrrole nitrogens is 1. The third kappa shape index (κ3) is 4.97. The standard InChI is InChI=1S/C25H29ClN2O4S2/c1-15(29)23-14-27-25(33-23)24-21(26)13-22(28-24)20(12-16-8-10-32-11-9-16)17-2-4-18(5-3-17)34(30,31)19-6-7-19/h2-5,13-16,19-20,28-29H,6-12H2,1H3. The molecule has 182 valence electrons. The van der Waals surface area contributed by atoms with Gasteiger partial charge in [-0.2, -0.15) is 0 Å². The van der Waals surface area contributed by atoms with Gasteiger partial charge in [-0.05, 0) is 68.7 Å². The fraction of sp³-hybridized carbons (Fsp3) is 0.480. The molecular formula is C25H29ClN2O4S2. The number of aliphatic hydroxyl groups excluding tert-OH is 1. The predicted molar refractivity (Wildman–Crippen MR) is 134 cm³/mol. The van der Waals surface area contributed by atoms with Gasteiger partial charge in [0.05, 0.1) is 31.8 Å². The lowest BCUT2D eigenvalue weighted by Crippen LogP contribution is -2.19. The molecule has 1 saturated heterocycles. The number of nitrogens with one attached hydrogen (secondary N) is 1. The van der Waals surface area contributed by atoms with Gasteiger partial charge in [0, 0.05) is 31.0 Å². The van der Waals surface area contributed by atoms with Crippen molar-refractivity contribution in [3.8, 4) is 10.7 Å². The van der Waals surface area contributed by atoms with E-state index < -0.39 is 15.9 Å². The molecule has 0 spiro atoms. The quantitative estimate of drug-likeness (QED) is 0.395. The minimum atomic E-state index is -3.22. The Morgan fingerprint density at radius 2 is 1.91 bits per heavy atom. The van der Waals surface area contributed by atoms with Crippen molar-refractivity contribution in [2.75, 3.05) is 13.2 Å². The number of benzene rings is 1. The molecule has 1 aromatic carbocycles. The molecular weight excluding hydrogens is 492 g/mol. The van der Waals surface area contributed by atoms with Crippen molar-refractivity contribution in [3.63, 3.8) is 0 Å². The molecule has 0 amide bonds. The Morgan fingerprint density at radius 1 is 1.21 bits per heavy atom. The number of thiazole rings is 1. The van der Waals surface area contributed by atoms with Crippen LogP contribution in [0.2, 0.25) is 5.02 Å². The average Bonchev–Trinajstić information content (AvgIpc) is 3.47. The van der Waals surface area contributed by atoms with E-state index in [-0.39, 0.29) is 11.2 Å². The van der Waals surface area contributed by atoms with E-state index in [2.05, 4.69) is 9.97 Å². The minimum absolute atomic E-state index is 0.0447. The van der Waals surface area contributed by atoms with Gasteiger partial charge in [-0.1, -0.05) is 23.7 Å². The topological polar surface area (TPSA) is 92.3 Å². The van der Waals surface area contributed by atoms with Gasteiger partial charge in [-0.3, -0.25) is 0 Å². The molecule has 1 aliphatic heterocycles. The van der Waals surface area contributed by atoms with Gasteiger partial charge in [0.2, 0.25) is 0 Å². The SMILES string of the molecule is CC(O)c1cnc(-c2[nH]c(C(CC3CCOCC3)c3ccc(S(=O)(=O)C4CC4)cc3)cc2Cl)s1. The summed E-state index contributed by atoms with van der Waals surface area (Å²) in [6, 6.07) is 9.35. The molecule has 1 saturated carbocycles. The summed E-state index contributed by atoms with van der Waals surface area (Å²) in [5.74, 6) is 0.559. The molecule has 2 unspecified atom stereocenters. The van der Waals surface area contributed by atoms with Crippen LogP contribution >= 0.6 is 22.9 Å². The lowest BCUT2D eigenvalue weighted by Gasteiger charge is -2.27. The summed E-state index contributed by atoms with van der Waals surface area (Å²) in [7, 11) is -3.22. The highest BCUT2D eigenvalue weighted by molar-refractivity contribution is 7.92. The molecule has 9 heteroatoms. The maximum Gasteiger partial charge on any atom is 0.181 e. The van der Waals surface area contributed by atoms with Gasteiger partial charge in [0.25, 0.3) is 0 Å². The minimum Gasteiger partial charge on any atom is -0.388 e. The smallest absolute Gasteiger partial charge is 0.181 e. The summed E-state index contributed by atoms with van der Waals surface area (Å²) in [6.45, 7) is 3.26. The van der Waals surface area contributed by atoms with Crippen LogP contribution in [0.4, 0.5) is 0 Å². The molecule has 5 rings (SSSR count). The van der Waals surface area contributed by atoms with Gasteiger partial charge in [0.1, 0.15) is 5.01 Å². The first-order valence-electron chi connectivity index (χ1n) is 11.8. The van der Waals surface area contributed by atoms with Crippen LogP contribution in [0.15, 0.2) is 41.4 Å². The van der Waals surface area contributed by atoms with Crippen LogP contribution in [-0.2, 0) is 14.6 Å². The maximum absolute atomic E-state index is 12.7. The number of rotatable bonds is 8. The van der Waals surface area contributed by atoms with Crippen molar-refractivity contribution in [3.05, 3.63) is 57.7 Å². The van der Waals surface area contributed by atoms with Gasteiger partial charge in [-0.15, -0.1) is 11.3 Å². The predicted octanol–water partition coefficient (Wildman–Crippen LogP) is 5.73. The number of nitrogens with zero attached hydrogens (tertiary/aromatic N) is 1. The zero-order chi connectivity index (χ0) is 23.9. The van der Waals surface area contributed by atoms with Crippen molar-refractivity contribution in [1.82, 2.24) is 9.97 Å². The van der Waals surface area contributed by atoms with E-state index in [9.17, 15) is 13.5 Å². The van der Waals surface area contributed by atoms with Crippen LogP contribution in [0.3, 0.4) is 0 Å². The Hall–Kier alpha value is -1.71. The van der Waals surface area contributed by atoms with E-state index in [1.54, 1.807) is 25.3 Å². The van der Waals surface area contributed by atoms with Crippen LogP contribution in [-0.4, -0.2) is 42.0 Å².